The van der Waals surface area contributed by atoms with E-state index < -0.39 is 29.3 Å². The Hall–Kier alpha value is -1.57. The second kappa shape index (κ2) is 10.2. The van der Waals surface area contributed by atoms with Crippen molar-refractivity contribution in [2.75, 3.05) is 13.4 Å². The zero-order valence-corrected chi connectivity index (χ0v) is 12.5. The van der Waals surface area contributed by atoms with Crippen LogP contribution in [-0.4, -0.2) is 41.7 Å². The number of hydrogen-bond donors (Lipinski definition) is 0. The molecule has 0 N–H and O–H groups in total. The molecule has 0 amide bonds. The van der Waals surface area contributed by atoms with Gasteiger partial charge in [-0.05, 0) is 25.6 Å². The number of thioether (sulfide) groups is 1. The Morgan fingerprint density at radius 3 is 2.25 bits per heavy atom. The summed E-state index contributed by atoms with van der Waals surface area (Å²) >= 11 is 0.670. The number of Topliss-reactive ketones (excluding diaryl/α,β-unsaturated/α-hetero) is 1. The summed E-state index contributed by atoms with van der Waals surface area (Å²) in [5.41, 5.74) is 0. The summed E-state index contributed by atoms with van der Waals surface area (Å²) in [7, 11) is 0. The molecular weight excluding hydrogens is 288 g/mol. The molecule has 0 bridgehead atoms. The number of ether oxygens (including phenoxy) is 3. The first-order valence-corrected chi connectivity index (χ1v) is 6.89. The lowest BCUT2D eigenvalue weighted by molar-refractivity contribution is -0.148. The van der Waals surface area contributed by atoms with Gasteiger partial charge in [0.1, 0.15) is 5.78 Å². The minimum atomic E-state index is -0.719. The highest BCUT2D eigenvalue weighted by Crippen LogP contribution is 2.16. The molecule has 8 heteroatoms. The molecule has 0 spiro atoms. The van der Waals surface area contributed by atoms with Crippen molar-refractivity contribution in [2.45, 2.75) is 38.9 Å². The number of carbonyl (C=O) groups excluding carboxylic acids is 4. The van der Waals surface area contributed by atoms with Gasteiger partial charge < -0.3 is 14.2 Å². The van der Waals surface area contributed by atoms with Crippen LogP contribution in [0.4, 0.5) is 4.79 Å². The summed E-state index contributed by atoms with van der Waals surface area (Å²) in [4.78, 5) is 44.4. The zero-order valence-electron chi connectivity index (χ0n) is 11.7. The average Bonchev–Trinajstić information content (AvgIpc) is 2.35. The molecule has 0 aromatic rings. The highest BCUT2D eigenvalue weighted by molar-refractivity contribution is 8.14. The fraction of sp³-hybridized carbons (Fsp3) is 0.667. The quantitative estimate of drug-likeness (QED) is 0.493. The molecule has 1 unspecified atom stereocenters. The molecule has 0 fully saturated rings. The molecule has 0 heterocycles. The Morgan fingerprint density at radius 2 is 1.70 bits per heavy atom. The maximum Gasteiger partial charge on any atom is 0.370 e. The van der Waals surface area contributed by atoms with Crippen LogP contribution in [0.2, 0.25) is 0 Å². The maximum atomic E-state index is 11.6. The fourth-order valence-electron chi connectivity index (χ4n) is 1.07. The predicted octanol–water partition coefficient (Wildman–Crippen LogP) is 1.68. The van der Waals surface area contributed by atoms with Crippen LogP contribution in [0.25, 0.3) is 0 Å². The van der Waals surface area contributed by atoms with E-state index in [1.54, 1.807) is 6.92 Å². The molecule has 20 heavy (non-hydrogen) atoms. The molecule has 114 valence electrons. The third kappa shape index (κ3) is 9.37. The SMILES string of the molecule is CCOC(=O)CCC(=O)C(C)SC(=O)OCOC(C)=O. The van der Waals surface area contributed by atoms with Gasteiger partial charge >= 0.3 is 17.2 Å². The molecule has 0 aliphatic carbocycles. The van der Waals surface area contributed by atoms with Crippen LogP contribution in [0, 0.1) is 0 Å². The van der Waals surface area contributed by atoms with Crippen molar-refractivity contribution < 1.29 is 33.4 Å². The molecule has 7 nitrogen and oxygen atoms in total. The third-order valence-electron chi connectivity index (χ3n) is 2.05. The van der Waals surface area contributed by atoms with E-state index in [-0.39, 0.29) is 25.2 Å². The van der Waals surface area contributed by atoms with Gasteiger partial charge in [0.2, 0.25) is 6.79 Å². The highest BCUT2D eigenvalue weighted by atomic mass is 32.2. The van der Waals surface area contributed by atoms with Crippen molar-refractivity contribution in [1.29, 1.82) is 0 Å². The van der Waals surface area contributed by atoms with Gasteiger partial charge in [-0.15, -0.1) is 0 Å². The molecule has 0 aromatic heterocycles. The number of ketones is 1. The van der Waals surface area contributed by atoms with Gasteiger partial charge in [0.05, 0.1) is 18.3 Å². The summed E-state index contributed by atoms with van der Waals surface area (Å²) in [6, 6.07) is 0. The summed E-state index contributed by atoms with van der Waals surface area (Å²) in [5, 5.41) is -1.36. The summed E-state index contributed by atoms with van der Waals surface area (Å²) in [6.45, 7) is 4.18. The number of esters is 2. The second-order valence-electron chi connectivity index (χ2n) is 3.68. The van der Waals surface area contributed by atoms with Crippen molar-refractivity contribution in [3.05, 3.63) is 0 Å². The topological polar surface area (TPSA) is 96.0 Å². The first-order valence-electron chi connectivity index (χ1n) is 6.01. The van der Waals surface area contributed by atoms with Crippen LogP contribution in [0.1, 0.15) is 33.6 Å². The van der Waals surface area contributed by atoms with Crippen molar-refractivity contribution >= 4 is 34.8 Å². The van der Waals surface area contributed by atoms with E-state index >= 15 is 0 Å². The number of hydrogen-bond acceptors (Lipinski definition) is 8. The predicted molar refractivity (Wildman–Crippen MR) is 71.0 cm³/mol. The second-order valence-corrected chi connectivity index (χ2v) is 4.96. The van der Waals surface area contributed by atoms with Gasteiger partial charge in [0.25, 0.3) is 0 Å². The van der Waals surface area contributed by atoms with E-state index in [1.165, 1.54) is 13.8 Å². The maximum absolute atomic E-state index is 11.6. The molecule has 0 rings (SSSR count). The third-order valence-corrected chi connectivity index (χ3v) is 2.97. The fourth-order valence-corrected chi connectivity index (χ4v) is 1.72. The lowest BCUT2D eigenvalue weighted by atomic mass is 10.2. The minimum absolute atomic E-state index is 0.00419. The van der Waals surface area contributed by atoms with E-state index in [2.05, 4.69) is 9.47 Å². The van der Waals surface area contributed by atoms with E-state index in [0.29, 0.717) is 11.8 Å². The van der Waals surface area contributed by atoms with Crippen LogP contribution in [-0.2, 0) is 28.6 Å². The molecular formula is C12H18O7S. The largest absolute Gasteiger partial charge is 0.466 e. The lowest BCUT2D eigenvalue weighted by Crippen LogP contribution is -2.18. The van der Waals surface area contributed by atoms with Gasteiger partial charge in [-0.3, -0.25) is 14.4 Å². The molecule has 0 saturated carbocycles. The highest BCUT2D eigenvalue weighted by Gasteiger charge is 2.20. The number of rotatable bonds is 8. The first-order chi connectivity index (χ1) is 9.36. The van der Waals surface area contributed by atoms with Gasteiger partial charge in [0.15, 0.2) is 0 Å². The van der Waals surface area contributed by atoms with Crippen LogP contribution >= 0.6 is 11.8 Å². The lowest BCUT2D eigenvalue weighted by Gasteiger charge is -2.09. The van der Waals surface area contributed by atoms with Crippen molar-refractivity contribution in [3.63, 3.8) is 0 Å². The molecule has 1 atom stereocenters. The van der Waals surface area contributed by atoms with E-state index in [4.69, 9.17) is 4.74 Å². The Kier molecular flexibility index (Phi) is 9.44. The average molecular weight is 306 g/mol. The van der Waals surface area contributed by atoms with Gasteiger partial charge in [-0.1, -0.05) is 0 Å². The van der Waals surface area contributed by atoms with Crippen molar-refractivity contribution in [1.82, 2.24) is 0 Å². The number of carbonyl (C=O) groups is 4. The molecule has 0 saturated heterocycles. The van der Waals surface area contributed by atoms with Gasteiger partial charge in [0, 0.05) is 13.3 Å². The molecule has 0 aliphatic rings. The van der Waals surface area contributed by atoms with E-state index in [9.17, 15) is 19.2 Å². The molecule has 0 radical (unpaired) electrons. The van der Waals surface area contributed by atoms with Crippen molar-refractivity contribution in [3.8, 4) is 0 Å². The van der Waals surface area contributed by atoms with E-state index in [1.807, 2.05) is 0 Å². The Morgan fingerprint density at radius 1 is 1.05 bits per heavy atom. The summed E-state index contributed by atoms with van der Waals surface area (Å²) in [6.07, 6.45) is -0.00963. The first kappa shape index (κ1) is 18.4. The Bertz CT molecular complexity index is 367. The van der Waals surface area contributed by atoms with Gasteiger partial charge in [-0.2, -0.15) is 0 Å². The monoisotopic (exact) mass is 306 g/mol. The van der Waals surface area contributed by atoms with E-state index in [0.717, 1.165) is 0 Å². The van der Waals surface area contributed by atoms with Crippen LogP contribution in [0.3, 0.4) is 0 Å². The minimum Gasteiger partial charge on any atom is -0.466 e. The van der Waals surface area contributed by atoms with Crippen LogP contribution in [0.15, 0.2) is 0 Å². The van der Waals surface area contributed by atoms with Crippen LogP contribution in [0.5, 0.6) is 0 Å². The Balaban J connectivity index is 3.91. The van der Waals surface area contributed by atoms with Crippen molar-refractivity contribution in [2.24, 2.45) is 0 Å². The standard InChI is InChI=1S/C12H18O7S/c1-4-17-11(15)6-5-10(14)8(2)20-12(16)19-7-18-9(3)13/h8H,4-7H2,1-3H3. The Labute approximate surface area is 121 Å². The smallest absolute Gasteiger partial charge is 0.370 e. The normalized spacial score (nSPS) is 11.3. The van der Waals surface area contributed by atoms with Crippen LogP contribution < -0.4 is 0 Å². The molecule has 0 aliphatic heterocycles. The molecule has 0 aromatic carbocycles. The zero-order chi connectivity index (χ0) is 15.5. The summed E-state index contributed by atoms with van der Waals surface area (Å²) < 4.78 is 13.7. The summed E-state index contributed by atoms with van der Waals surface area (Å²) in [5.74, 6) is -1.27. The van der Waals surface area contributed by atoms with Gasteiger partial charge in [-0.25, -0.2) is 4.79 Å².